The lowest BCUT2D eigenvalue weighted by Crippen LogP contribution is -1.93. The van der Waals surface area contributed by atoms with Crippen molar-refractivity contribution >= 4 is 0 Å². The van der Waals surface area contributed by atoms with Crippen LogP contribution in [0.2, 0.25) is 0 Å². The first kappa shape index (κ1) is 21.6. The molecule has 0 atom stereocenters. The van der Waals surface area contributed by atoms with Crippen LogP contribution < -0.4 is 0 Å². The van der Waals surface area contributed by atoms with Crippen LogP contribution in [0.5, 0.6) is 0 Å². The van der Waals surface area contributed by atoms with Gasteiger partial charge in [0.15, 0.2) is 0 Å². The van der Waals surface area contributed by atoms with Crippen molar-refractivity contribution in [2.75, 3.05) is 0 Å². The SMILES string of the molecule is c1ccc(-c2cc(-c3ccc(-c4ccc(-c5ccncc5)cc4)cc3)cc(-c3ccccn3)n2)nc1. The van der Waals surface area contributed by atoms with Crippen molar-refractivity contribution in [3.05, 3.63) is 134 Å². The van der Waals surface area contributed by atoms with Crippen LogP contribution in [0, 0.1) is 0 Å². The van der Waals surface area contributed by atoms with Crippen LogP contribution in [0.1, 0.15) is 0 Å². The molecule has 0 radical (unpaired) electrons. The standard InChI is InChI=1S/C32H22N4/c1-3-17-34-29(5-1)31-21-28(22-32(36-31)30-6-2-4-18-35-30)26-13-11-24(12-14-26)23-7-9-25(10-8-23)27-15-19-33-20-16-27/h1-22H. The van der Waals surface area contributed by atoms with Crippen LogP contribution in [0.3, 0.4) is 0 Å². The zero-order valence-corrected chi connectivity index (χ0v) is 19.5. The molecular formula is C32H22N4. The van der Waals surface area contributed by atoms with Gasteiger partial charge in [-0.25, -0.2) is 4.98 Å². The predicted octanol–water partition coefficient (Wildman–Crippen LogP) is 7.60. The molecule has 0 amide bonds. The first-order valence-electron chi connectivity index (χ1n) is 11.8. The molecule has 4 nitrogen and oxygen atoms in total. The number of hydrogen-bond donors (Lipinski definition) is 0. The maximum absolute atomic E-state index is 4.87. The van der Waals surface area contributed by atoms with Crippen molar-refractivity contribution in [3.8, 4) is 56.2 Å². The Morgan fingerprint density at radius 2 is 0.750 bits per heavy atom. The summed E-state index contributed by atoms with van der Waals surface area (Å²) < 4.78 is 0. The lowest BCUT2D eigenvalue weighted by Gasteiger charge is -2.10. The summed E-state index contributed by atoms with van der Waals surface area (Å²) in [5, 5.41) is 0. The second-order valence-electron chi connectivity index (χ2n) is 8.45. The van der Waals surface area contributed by atoms with Gasteiger partial charge >= 0.3 is 0 Å². The molecule has 0 saturated carbocycles. The Bertz CT molecular complexity index is 1520. The summed E-state index contributed by atoms with van der Waals surface area (Å²) in [6, 6.07) is 37.2. The van der Waals surface area contributed by atoms with E-state index in [1.54, 1.807) is 12.4 Å². The first-order valence-corrected chi connectivity index (χ1v) is 11.8. The fourth-order valence-corrected chi connectivity index (χ4v) is 4.24. The molecule has 0 aliphatic carbocycles. The molecule has 0 saturated heterocycles. The Morgan fingerprint density at radius 3 is 1.17 bits per heavy atom. The van der Waals surface area contributed by atoms with E-state index in [1.807, 2.05) is 60.9 Å². The van der Waals surface area contributed by atoms with Crippen molar-refractivity contribution in [2.24, 2.45) is 0 Å². The van der Waals surface area contributed by atoms with Crippen molar-refractivity contribution < 1.29 is 0 Å². The van der Waals surface area contributed by atoms with Crippen molar-refractivity contribution in [3.63, 3.8) is 0 Å². The molecule has 0 bridgehead atoms. The van der Waals surface area contributed by atoms with Gasteiger partial charge in [-0.3, -0.25) is 15.0 Å². The molecule has 0 N–H and O–H groups in total. The van der Waals surface area contributed by atoms with Gasteiger partial charge in [0, 0.05) is 24.8 Å². The first-order chi connectivity index (χ1) is 17.8. The Morgan fingerprint density at radius 1 is 0.333 bits per heavy atom. The molecule has 36 heavy (non-hydrogen) atoms. The van der Waals surface area contributed by atoms with E-state index in [9.17, 15) is 0 Å². The summed E-state index contributed by atoms with van der Waals surface area (Å²) in [4.78, 5) is 18.0. The predicted molar refractivity (Wildman–Crippen MR) is 145 cm³/mol. The summed E-state index contributed by atoms with van der Waals surface area (Å²) in [6.45, 7) is 0. The molecule has 4 heteroatoms. The molecule has 6 rings (SSSR count). The van der Waals surface area contributed by atoms with E-state index in [0.29, 0.717) is 0 Å². The summed E-state index contributed by atoms with van der Waals surface area (Å²) in [6.07, 6.45) is 7.22. The molecule has 170 valence electrons. The molecule has 0 fully saturated rings. The zero-order valence-electron chi connectivity index (χ0n) is 19.5. The van der Waals surface area contributed by atoms with E-state index >= 15 is 0 Å². The maximum Gasteiger partial charge on any atom is 0.0900 e. The Balaban J connectivity index is 1.35. The third kappa shape index (κ3) is 4.52. The highest BCUT2D eigenvalue weighted by atomic mass is 14.8. The number of aromatic nitrogens is 4. The number of hydrogen-bond acceptors (Lipinski definition) is 4. The van der Waals surface area contributed by atoms with Crippen LogP contribution in [0.25, 0.3) is 56.2 Å². The van der Waals surface area contributed by atoms with Crippen LogP contribution in [-0.2, 0) is 0 Å². The lowest BCUT2D eigenvalue weighted by atomic mass is 9.97. The number of benzene rings is 2. The van der Waals surface area contributed by atoms with Crippen molar-refractivity contribution in [1.82, 2.24) is 19.9 Å². The van der Waals surface area contributed by atoms with Gasteiger partial charge in [-0.1, -0.05) is 60.7 Å². The van der Waals surface area contributed by atoms with E-state index in [1.165, 1.54) is 16.7 Å². The Kier molecular flexibility index (Phi) is 5.83. The molecule has 4 heterocycles. The van der Waals surface area contributed by atoms with E-state index in [2.05, 4.69) is 75.6 Å². The fraction of sp³-hybridized carbons (Fsp3) is 0. The van der Waals surface area contributed by atoms with Gasteiger partial charge < -0.3 is 0 Å². The number of pyridine rings is 4. The third-order valence-corrected chi connectivity index (χ3v) is 6.13. The average molecular weight is 463 g/mol. The molecule has 4 aromatic heterocycles. The highest BCUT2D eigenvalue weighted by Gasteiger charge is 2.10. The molecular weight excluding hydrogens is 440 g/mol. The van der Waals surface area contributed by atoms with Crippen LogP contribution in [0.4, 0.5) is 0 Å². The van der Waals surface area contributed by atoms with Gasteiger partial charge in [0.1, 0.15) is 0 Å². The molecule has 6 aromatic rings. The topological polar surface area (TPSA) is 51.6 Å². The van der Waals surface area contributed by atoms with Gasteiger partial charge in [0.05, 0.1) is 22.8 Å². The second-order valence-corrected chi connectivity index (χ2v) is 8.45. The second kappa shape index (κ2) is 9.72. The molecule has 0 spiro atoms. The fourth-order valence-electron chi connectivity index (χ4n) is 4.24. The van der Waals surface area contributed by atoms with Crippen molar-refractivity contribution in [2.45, 2.75) is 0 Å². The van der Waals surface area contributed by atoms with E-state index in [-0.39, 0.29) is 0 Å². The van der Waals surface area contributed by atoms with Gasteiger partial charge in [-0.05, 0) is 81.9 Å². The normalized spacial score (nSPS) is 10.8. The zero-order chi connectivity index (χ0) is 24.2. The van der Waals surface area contributed by atoms with Gasteiger partial charge in [0.2, 0.25) is 0 Å². The lowest BCUT2D eigenvalue weighted by molar-refractivity contribution is 1.22. The van der Waals surface area contributed by atoms with Gasteiger partial charge in [-0.2, -0.15) is 0 Å². The summed E-state index contributed by atoms with van der Waals surface area (Å²) in [5.41, 5.74) is 10.2. The number of rotatable bonds is 5. The summed E-state index contributed by atoms with van der Waals surface area (Å²) in [7, 11) is 0. The minimum atomic E-state index is 0.824. The smallest absolute Gasteiger partial charge is 0.0900 e. The Labute approximate surface area is 210 Å². The number of nitrogens with zero attached hydrogens (tertiary/aromatic N) is 4. The maximum atomic E-state index is 4.87. The van der Waals surface area contributed by atoms with Crippen molar-refractivity contribution in [1.29, 1.82) is 0 Å². The van der Waals surface area contributed by atoms with E-state index in [0.717, 1.165) is 39.5 Å². The van der Waals surface area contributed by atoms with E-state index in [4.69, 9.17) is 4.98 Å². The largest absolute Gasteiger partial charge is 0.265 e. The summed E-state index contributed by atoms with van der Waals surface area (Å²) >= 11 is 0. The third-order valence-electron chi connectivity index (χ3n) is 6.13. The van der Waals surface area contributed by atoms with Crippen LogP contribution in [-0.4, -0.2) is 19.9 Å². The summed E-state index contributed by atoms with van der Waals surface area (Å²) in [5.74, 6) is 0. The van der Waals surface area contributed by atoms with Gasteiger partial charge in [0.25, 0.3) is 0 Å². The van der Waals surface area contributed by atoms with Crippen LogP contribution in [0.15, 0.2) is 134 Å². The molecule has 0 unspecified atom stereocenters. The molecule has 2 aromatic carbocycles. The Hall–Kier alpha value is -4.96. The average Bonchev–Trinajstić information content (AvgIpc) is 2.98. The van der Waals surface area contributed by atoms with E-state index < -0.39 is 0 Å². The highest BCUT2D eigenvalue weighted by molar-refractivity contribution is 5.77. The molecule has 0 aliphatic rings. The van der Waals surface area contributed by atoms with Gasteiger partial charge in [-0.15, -0.1) is 0 Å². The molecule has 0 aliphatic heterocycles. The minimum Gasteiger partial charge on any atom is -0.265 e. The monoisotopic (exact) mass is 462 g/mol. The van der Waals surface area contributed by atoms with Crippen LogP contribution >= 0.6 is 0 Å². The minimum absolute atomic E-state index is 0.824. The quantitative estimate of drug-likeness (QED) is 0.265. The highest BCUT2D eigenvalue weighted by Crippen LogP contribution is 2.31.